The molecular formula is C17H26N2O. The van der Waals surface area contributed by atoms with Crippen molar-refractivity contribution in [2.24, 2.45) is 16.6 Å². The Labute approximate surface area is 122 Å². The Bertz CT molecular complexity index is 454. The molecule has 3 heteroatoms. The van der Waals surface area contributed by atoms with Crippen LogP contribution >= 0.6 is 0 Å². The molecule has 0 aliphatic rings. The quantitative estimate of drug-likeness (QED) is 0.621. The Morgan fingerprint density at radius 1 is 1.30 bits per heavy atom. The maximum atomic E-state index is 5.84. The fraction of sp³-hybridized carbons (Fsp3) is 0.471. The van der Waals surface area contributed by atoms with Crippen molar-refractivity contribution < 1.29 is 4.74 Å². The average molecular weight is 274 g/mol. The molecule has 0 spiro atoms. The number of aliphatic imine (C=N–C) groups is 1. The standard InChI is InChI=1S/C17H26N2O/c1-5-6-7-15-8-10-16(11-9-15)20-17(13(2)3)19-12-14(4)18/h8-13H,5-7,18H2,1-4H3/b14-12+,19-17+. The van der Waals surface area contributed by atoms with Gasteiger partial charge in [0.05, 0.1) is 0 Å². The van der Waals surface area contributed by atoms with Crippen molar-refractivity contribution in [3.05, 3.63) is 41.7 Å². The number of benzene rings is 1. The van der Waals surface area contributed by atoms with E-state index in [-0.39, 0.29) is 5.92 Å². The highest BCUT2D eigenvalue weighted by Crippen LogP contribution is 2.16. The minimum absolute atomic E-state index is 0.213. The normalized spacial score (nSPS) is 12.8. The molecule has 0 saturated carbocycles. The molecule has 0 atom stereocenters. The van der Waals surface area contributed by atoms with E-state index >= 15 is 0 Å². The van der Waals surface area contributed by atoms with Gasteiger partial charge in [-0.1, -0.05) is 39.3 Å². The van der Waals surface area contributed by atoms with Crippen LogP contribution < -0.4 is 10.5 Å². The maximum absolute atomic E-state index is 5.84. The highest BCUT2D eigenvalue weighted by atomic mass is 16.5. The molecule has 3 nitrogen and oxygen atoms in total. The summed E-state index contributed by atoms with van der Waals surface area (Å²) in [5.41, 5.74) is 7.61. The largest absolute Gasteiger partial charge is 0.443 e. The number of allylic oxidation sites excluding steroid dienone is 1. The number of nitrogens with zero attached hydrogens (tertiary/aromatic N) is 1. The lowest BCUT2D eigenvalue weighted by Gasteiger charge is -2.11. The molecule has 0 fully saturated rings. The van der Waals surface area contributed by atoms with Crippen molar-refractivity contribution >= 4 is 5.90 Å². The molecule has 0 radical (unpaired) electrons. The zero-order valence-electron chi connectivity index (χ0n) is 13.0. The van der Waals surface area contributed by atoms with Gasteiger partial charge in [-0.05, 0) is 37.5 Å². The summed E-state index contributed by atoms with van der Waals surface area (Å²) in [5, 5.41) is 0. The van der Waals surface area contributed by atoms with E-state index in [1.807, 2.05) is 32.9 Å². The van der Waals surface area contributed by atoms with Gasteiger partial charge in [-0.2, -0.15) is 0 Å². The van der Waals surface area contributed by atoms with Gasteiger partial charge >= 0.3 is 0 Å². The van der Waals surface area contributed by atoms with Crippen molar-refractivity contribution in [3.63, 3.8) is 0 Å². The first-order valence-corrected chi connectivity index (χ1v) is 7.29. The number of rotatable bonds is 6. The summed E-state index contributed by atoms with van der Waals surface area (Å²) in [6.07, 6.45) is 5.19. The molecule has 0 aromatic heterocycles. The van der Waals surface area contributed by atoms with Gasteiger partial charge in [0.1, 0.15) is 5.75 Å². The molecule has 2 N–H and O–H groups in total. The van der Waals surface area contributed by atoms with Crippen molar-refractivity contribution in [3.8, 4) is 5.75 Å². The van der Waals surface area contributed by atoms with E-state index in [1.54, 1.807) is 6.20 Å². The topological polar surface area (TPSA) is 47.6 Å². The van der Waals surface area contributed by atoms with Gasteiger partial charge in [0.15, 0.2) is 5.90 Å². The van der Waals surface area contributed by atoms with Crippen LogP contribution in [0.1, 0.15) is 46.1 Å². The van der Waals surface area contributed by atoms with Crippen LogP contribution in [-0.2, 0) is 6.42 Å². The number of hydrogen-bond donors (Lipinski definition) is 1. The van der Waals surface area contributed by atoms with Crippen LogP contribution in [0.25, 0.3) is 0 Å². The smallest absolute Gasteiger partial charge is 0.197 e. The highest BCUT2D eigenvalue weighted by molar-refractivity contribution is 5.81. The Morgan fingerprint density at radius 2 is 1.95 bits per heavy atom. The lowest BCUT2D eigenvalue weighted by Crippen LogP contribution is -2.15. The number of ether oxygens (including phenoxy) is 1. The molecule has 20 heavy (non-hydrogen) atoms. The molecule has 0 saturated heterocycles. The molecule has 1 aromatic rings. The van der Waals surface area contributed by atoms with E-state index in [4.69, 9.17) is 10.5 Å². The third-order valence-corrected chi connectivity index (χ3v) is 2.85. The summed E-state index contributed by atoms with van der Waals surface area (Å²) in [5.74, 6) is 1.71. The summed E-state index contributed by atoms with van der Waals surface area (Å²) in [7, 11) is 0. The van der Waals surface area contributed by atoms with Crippen molar-refractivity contribution in [2.45, 2.75) is 47.0 Å². The van der Waals surface area contributed by atoms with Crippen LogP contribution in [0.4, 0.5) is 0 Å². The minimum Gasteiger partial charge on any atom is -0.443 e. The predicted octanol–water partition coefficient (Wildman–Crippen LogP) is 4.28. The Morgan fingerprint density at radius 3 is 2.45 bits per heavy atom. The third-order valence-electron chi connectivity index (χ3n) is 2.85. The SMILES string of the molecule is CCCCc1ccc(O/C(=N/C=C(\C)N)C(C)C)cc1. The summed E-state index contributed by atoms with van der Waals surface area (Å²) in [4.78, 5) is 4.30. The third kappa shape index (κ3) is 5.91. The van der Waals surface area contributed by atoms with Gasteiger partial charge in [0.2, 0.25) is 0 Å². The van der Waals surface area contributed by atoms with Gasteiger partial charge in [0, 0.05) is 17.8 Å². The van der Waals surface area contributed by atoms with E-state index in [0.717, 1.165) is 12.2 Å². The van der Waals surface area contributed by atoms with E-state index in [9.17, 15) is 0 Å². The van der Waals surface area contributed by atoms with Gasteiger partial charge in [-0.25, -0.2) is 4.99 Å². The Hall–Kier alpha value is -1.77. The second kappa shape index (κ2) is 8.41. The molecule has 0 aliphatic heterocycles. The second-order valence-electron chi connectivity index (χ2n) is 5.34. The molecule has 0 amide bonds. The molecule has 1 aromatic carbocycles. The first-order valence-electron chi connectivity index (χ1n) is 7.29. The van der Waals surface area contributed by atoms with E-state index in [2.05, 4.69) is 24.0 Å². The minimum atomic E-state index is 0.213. The lowest BCUT2D eigenvalue weighted by molar-refractivity contribution is 0.506. The lowest BCUT2D eigenvalue weighted by atomic mass is 10.1. The summed E-state index contributed by atoms with van der Waals surface area (Å²) < 4.78 is 5.84. The molecule has 0 heterocycles. The van der Waals surface area contributed by atoms with E-state index in [0.29, 0.717) is 11.6 Å². The van der Waals surface area contributed by atoms with Gasteiger partial charge < -0.3 is 10.5 Å². The van der Waals surface area contributed by atoms with Crippen LogP contribution in [-0.4, -0.2) is 5.90 Å². The highest BCUT2D eigenvalue weighted by Gasteiger charge is 2.07. The number of aryl methyl sites for hydroxylation is 1. The van der Waals surface area contributed by atoms with Crippen LogP contribution in [0.15, 0.2) is 41.2 Å². The molecular weight excluding hydrogens is 248 g/mol. The van der Waals surface area contributed by atoms with E-state index < -0.39 is 0 Å². The number of hydrogen-bond acceptors (Lipinski definition) is 3. The van der Waals surface area contributed by atoms with Gasteiger partial charge in [-0.15, -0.1) is 0 Å². The predicted molar refractivity (Wildman–Crippen MR) is 85.9 cm³/mol. The number of nitrogens with two attached hydrogens (primary N) is 1. The first-order chi connectivity index (χ1) is 9.52. The summed E-state index contributed by atoms with van der Waals surface area (Å²) in [6.45, 7) is 8.11. The Kier molecular flexibility index (Phi) is 6.85. The van der Waals surface area contributed by atoms with Crippen LogP contribution in [0.3, 0.4) is 0 Å². The Balaban J connectivity index is 2.74. The summed E-state index contributed by atoms with van der Waals surface area (Å²) in [6, 6.07) is 8.24. The monoisotopic (exact) mass is 274 g/mol. The fourth-order valence-corrected chi connectivity index (χ4v) is 1.68. The molecule has 1 rings (SSSR count). The van der Waals surface area contributed by atoms with Crippen LogP contribution in [0.2, 0.25) is 0 Å². The zero-order valence-corrected chi connectivity index (χ0v) is 13.0. The molecule has 110 valence electrons. The number of unbranched alkanes of at least 4 members (excludes halogenated alkanes) is 1. The zero-order chi connectivity index (χ0) is 15.0. The van der Waals surface area contributed by atoms with Crippen molar-refractivity contribution in [2.75, 3.05) is 0 Å². The van der Waals surface area contributed by atoms with Crippen molar-refractivity contribution in [1.29, 1.82) is 0 Å². The molecule has 0 aliphatic carbocycles. The average Bonchev–Trinajstić information content (AvgIpc) is 2.42. The van der Waals surface area contributed by atoms with Gasteiger partial charge in [-0.3, -0.25) is 0 Å². The van der Waals surface area contributed by atoms with Gasteiger partial charge in [0.25, 0.3) is 0 Å². The van der Waals surface area contributed by atoms with Crippen LogP contribution in [0.5, 0.6) is 5.75 Å². The summed E-state index contributed by atoms with van der Waals surface area (Å²) >= 11 is 0. The molecule has 0 unspecified atom stereocenters. The maximum Gasteiger partial charge on any atom is 0.197 e. The van der Waals surface area contributed by atoms with E-state index in [1.165, 1.54) is 18.4 Å². The second-order valence-corrected chi connectivity index (χ2v) is 5.34. The fourth-order valence-electron chi connectivity index (χ4n) is 1.68. The van der Waals surface area contributed by atoms with Crippen LogP contribution in [0, 0.1) is 5.92 Å². The first kappa shape index (κ1) is 16.3. The molecule has 0 bridgehead atoms. The van der Waals surface area contributed by atoms with Crippen molar-refractivity contribution in [1.82, 2.24) is 0 Å².